The van der Waals surface area contributed by atoms with Crippen LogP contribution in [0.5, 0.6) is 0 Å². The SMILES string of the molecule is N=C(c1cccc(NC(=O)Nc2ccc(S(=O)Nc3ccc(SC=O)cc3)cc2)c1)N1CCOCC1. The number of urea groups is 1. The maximum absolute atomic E-state index is 12.6. The summed E-state index contributed by atoms with van der Waals surface area (Å²) < 4.78 is 20.9. The molecule has 4 N–H and O–H groups in total. The van der Waals surface area contributed by atoms with Crippen LogP contribution < -0.4 is 15.4 Å². The summed E-state index contributed by atoms with van der Waals surface area (Å²) in [5.41, 5.74) is 3.25. The molecule has 1 heterocycles. The maximum Gasteiger partial charge on any atom is 0.323 e. The van der Waals surface area contributed by atoms with E-state index in [4.69, 9.17) is 10.1 Å². The Hall–Kier alpha value is -3.67. The Morgan fingerprint density at radius 1 is 0.944 bits per heavy atom. The second-order valence-corrected chi connectivity index (χ2v) is 9.85. The lowest BCUT2D eigenvalue weighted by molar-refractivity contribution is 0.0680. The van der Waals surface area contributed by atoms with Crippen LogP contribution in [0.4, 0.5) is 21.9 Å². The lowest BCUT2D eigenvalue weighted by atomic mass is 10.1. The highest BCUT2D eigenvalue weighted by atomic mass is 32.2. The van der Waals surface area contributed by atoms with Crippen molar-refractivity contribution in [3.05, 3.63) is 78.4 Å². The first-order valence-electron chi connectivity index (χ1n) is 11.1. The lowest BCUT2D eigenvalue weighted by Crippen LogP contribution is -2.40. The van der Waals surface area contributed by atoms with Crippen LogP contribution in [0, 0.1) is 5.41 Å². The molecule has 1 saturated heterocycles. The van der Waals surface area contributed by atoms with Crippen molar-refractivity contribution < 1.29 is 18.5 Å². The van der Waals surface area contributed by atoms with Gasteiger partial charge < -0.3 is 25.0 Å². The quantitative estimate of drug-likeness (QED) is 0.150. The fourth-order valence-electron chi connectivity index (χ4n) is 3.49. The second-order valence-electron chi connectivity index (χ2n) is 7.74. The average molecular weight is 524 g/mol. The molecule has 9 nitrogen and oxygen atoms in total. The summed E-state index contributed by atoms with van der Waals surface area (Å²) in [5, 5.41) is 14.0. The number of hydrogen-bond donors (Lipinski definition) is 4. The summed E-state index contributed by atoms with van der Waals surface area (Å²) in [6.45, 7) is 2.53. The van der Waals surface area contributed by atoms with Gasteiger partial charge in [0.25, 0.3) is 0 Å². The Morgan fingerprint density at radius 2 is 1.61 bits per heavy atom. The minimum Gasteiger partial charge on any atom is -0.378 e. The van der Waals surface area contributed by atoms with Crippen LogP contribution >= 0.6 is 11.8 Å². The van der Waals surface area contributed by atoms with Gasteiger partial charge in [-0.05, 0) is 60.7 Å². The van der Waals surface area contributed by atoms with Crippen LogP contribution in [0.3, 0.4) is 0 Å². The molecule has 0 bridgehead atoms. The predicted molar refractivity (Wildman–Crippen MR) is 144 cm³/mol. The molecule has 186 valence electrons. The van der Waals surface area contributed by atoms with Crippen LogP contribution in [0.1, 0.15) is 5.56 Å². The molecule has 1 aliphatic rings. The number of thioether (sulfide) groups is 1. The standard InChI is InChI=1S/C25H25N5O4S2/c26-24(30-12-14-34-15-13-30)18-2-1-3-21(16-18)28-25(32)27-19-6-10-23(11-7-19)36(33)29-20-4-8-22(9-5-20)35-17-31/h1-11,16-17,26,29H,12-15H2,(H2,27,28,32). The van der Waals surface area contributed by atoms with E-state index in [9.17, 15) is 13.8 Å². The van der Waals surface area contributed by atoms with Gasteiger partial charge >= 0.3 is 6.03 Å². The zero-order valence-corrected chi connectivity index (χ0v) is 20.9. The van der Waals surface area contributed by atoms with Crippen molar-refractivity contribution in [3.8, 4) is 0 Å². The van der Waals surface area contributed by atoms with Crippen molar-refractivity contribution in [1.29, 1.82) is 5.41 Å². The molecule has 0 aromatic heterocycles. The molecule has 3 aromatic rings. The van der Waals surface area contributed by atoms with E-state index in [0.29, 0.717) is 59.7 Å². The van der Waals surface area contributed by atoms with E-state index in [1.54, 1.807) is 66.7 Å². The number of nitrogens with one attached hydrogen (secondary N) is 4. The molecule has 0 aliphatic carbocycles. The molecule has 36 heavy (non-hydrogen) atoms. The van der Waals surface area contributed by atoms with Crippen LogP contribution in [0.2, 0.25) is 0 Å². The number of rotatable bonds is 8. The number of anilines is 3. The first kappa shape index (κ1) is 25.4. The summed E-state index contributed by atoms with van der Waals surface area (Å²) in [5.74, 6) is 0.398. The van der Waals surface area contributed by atoms with Gasteiger partial charge in [0.15, 0.2) is 5.62 Å². The van der Waals surface area contributed by atoms with Gasteiger partial charge in [0.2, 0.25) is 0 Å². The number of carbonyl (C=O) groups excluding carboxylic acids is 2. The topological polar surface area (TPSA) is 124 Å². The van der Waals surface area contributed by atoms with Crippen LogP contribution in [0.15, 0.2) is 82.6 Å². The van der Waals surface area contributed by atoms with Gasteiger partial charge in [-0.15, -0.1) is 0 Å². The first-order valence-corrected chi connectivity index (χ1v) is 13.1. The molecular weight excluding hydrogens is 498 g/mol. The van der Waals surface area contributed by atoms with E-state index in [1.165, 1.54) is 0 Å². The molecule has 11 heteroatoms. The number of amidine groups is 1. The van der Waals surface area contributed by atoms with Crippen molar-refractivity contribution in [2.24, 2.45) is 0 Å². The molecule has 0 radical (unpaired) electrons. The van der Waals surface area contributed by atoms with Crippen molar-refractivity contribution in [3.63, 3.8) is 0 Å². The van der Waals surface area contributed by atoms with Gasteiger partial charge in [-0.1, -0.05) is 23.9 Å². The molecule has 1 aliphatic heterocycles. The van der Waals surface area contributed by atoms with E-state index in [1.807, 2.05) is 11.0 Å². The zero-order chi connectivity index (χ0) is 25.3. The van der Waals surface area contributed by atoms with Crippen molar-refractivity contribution in [2.75, 3.05) is 41.7 Å². The molecule has 0 spiro atoms. The van der Waals surface area contributed by atoms with Gasteiger partial charge in [0.05, 0.1) is 18.1 Å². The molecule has 2 amide bonds. The molecule has 4 rings (SSSR count). The Labute approximate surface area is 215 Å². The van der Waals surface area contributed by atoms with Gasteiger partial charge in [-0.25, -0.2) is 9.00 Å². The summed E-state index contributed by atoms with van der Waals surface area (Å²) in [4.78, 5) is 26.4. The Kier molecular flexibility index (Phi) is 8.71. The average Bonchev–Trinajstić information content (AvgIpc) is 2.90. The number of carbonyl (C=O) groups is 2. The van der Waals surface area contributed by atoms with E-state index < -0.39 is 17.0 Å². The highest BCUT2D eigenvalue weighted by Gasteiger charge is 2.16. The maximum atomic E-state index is 12.6. The van der Waals surface area contributed by atoms with Gasteiger partial charge in [-0.3, -0.25) is 10.2 Å². The van der Waals surface area contributed by atoms with Gasteiger partial charge in [0, 0.05) is 40.6 Å². The van der Waals surface area contributed by atoms with Crippen molar-refractivity contribution in [1.82, 2.24) is 4.90 Å². The van der Waals surface area contributed by atoms with Gasteiger partial charge in [-0.2, -0.15) is 0 Å². The smallest absolute Gasteiger partial charge is 0.323 e. The molecule has 3 aromatic carbocycles. The second kappa shape index (κ2) is 12.3. The van der Waals surface area contributed by atoms with Crippen molar-refractivity contribution in [2.45, 2.75) is 9.79 Å². The third-order valence-electron chi connectivity index (χ3n) is 5.30. The fourth-order valence-corrected chi connectivity index (χ4v) is 4.75. The van der Waals surface area contributed by atoms with Crippen LogP contribution in [0.25, 0.3) is 0 Å². The molecule has 1 fully saturated rings. The van der Waals surface area contributed by atoms with Crippen LogP contribution in [-0.4, -0.2) is 52.9 Å². The summed E-state index contributed by atoms with van der Waals surface area (Å²) >= 11 is 1.07. The molecule has 0 saturated carbocycles. The zero-order valence-electron chi connectivity index (χ0n) is 19.2. The largest absolute Gasteiger partial charge is 0.378 e. The van der Waals surface area contributed by atoms with E-state index in [0.717, 1.165) is 22.3 Å². The third kappa shape index (κ3) is 6.94. The van der Waals surface area contributed by atoms with Crippen molar-refractivity contribution >= 4 is 57.3 Å². The predicted octanol–water partition coefficient (Wildman–Crippen LogP) is 4.41. The molecule has 1 unspecified atom stereocenters. The normalized spacial score (nSPS) is 13.9. The van der Waals surface area contributed by atoms with E-state index in [2.05, 4.69) is 15.4 Å². The summed E-state index contributed by atoms with van der Waals surface area (Å²) in [7, 11) is -1.49. The number of ether oxygens (including phenoxy) is 1. The third-order valence-corrected chi connectivity index (χ3v) is 7.06. The highest BCUT2D eigenvalue weighted by Crippen LogP contribution is 2.20. The van der Waals surface area contributed by atoms with E-state index >= 15 is 0 Å². The van der Waals surface area contributed by atoms with Crippen LogP contribution in [-0.2, 0) is 20.5 Å². The Bertz CT molecular complexity index is 1250. The monoisotopic (exact) mass is 523 g/mol. The fraction of sp³-hybridized carbons (Fsp3) is 0.160. The number of benzene rings is 3. The molecule has 1 atom stereocenters. The minimum absolute atomic E-state index is 0.398. The Balaban J connectivity index is 1.31. The number of amides is 2. The number of nitrogens with zero attached hydrogens (tertiary/aromatic N) is 1. The molecular formula is C25H25N5O4S2. The number of hydrogen-bond acceptors (Lipinski definition) is 6. The van der Waals surface area contributed by atoms with Gasteiger partial charge in [0.1, 0.15) is 16.8 Å². The minimum atomic E-state index is -1.49. The first-order chi connectivity index (χ1) is 17.5. The summed E-state index contributed by atoms with van der Waals surface area (Å²) in [6.07, 6.45) is 0. The summed E-state index contributed by atoms with van der Waals surface area (Å²) in [6, 6.07) is 20.4. The highest BCUT2D eigenvalue weighted by molar-refractivity contribution is 8.11. The van der Waals surface area contributed by atoms with E-state index in [-0.39, 0.29) is 0 Å². The lowest BCUT2D eigenvalue weighted by Gasteiger charge is -2.29. The Morgan fingerprint density at radius 3 is 2.31 bits per heavy atom. The number of morpholine rings is 1.